The molecule has 0 atom stereocenters. The van der Waals surface area contributed by atoms with Gasteiger partial charge < -0.3 is 9.84 Å². The van der Waals surface area contributed by atoms with Crippen LogP contribution in [0.25, 0.3) is 6.08 Å². The highest BCUT2D eigenvalue weighted by atomic mass is 35.5. The quantitative estimate of drug-likeness (QED) is 0.343. The normalized spacial score (nSPS) is 15.2. The minimum Gasteiger partial charge on any atom is -0.508 e. The zero-order valence-electron chi connectivity index (χ0n) is 15.9. The van der Waals surface area contributed by atoms with Crippen LogP contribution in [-0.2, 0) is 9.59 Å². The van der Waals surface area contributed by atoms with Gasteiger partial charge in [0.25, 0.3) is 11.8 Å². The topological polar surface area (TPSA) is 78.9 Å². The number of carbonyl (C=O) groups excluding carboxylic acids is 2. The molecule has 4 rings (SSSR count). The molecule has 3 aromatic carbocycles. The number of rotatable bonds is 4. The van der Waals surface area contributed by atoms with E-state index in [9.17, 15) is 14.7 Å². The van der Waals surface area contributed by atoms with Crippen LogP contribution in [0.3, 0.4) is 0 Å². The molecular weight excluding hydrogens is 436 g/mol. The summed E-state index contributed by atoms with van der Waals surface area (Å²) >= 11 is 11.3. The Morgan fingerprint density at radius 3 is 2.32 bits per heavy atom. The van der Waals surface area contributed by atoms with Crippen LogP contribution in [-0.4, -0.2) is 22.0 Å². The summed E-state index contributed by atoms with van der Waals surface area (Å²) in [5.74, 6) is 0.0327. The van der Waals surface area contributed by atoms with Crippen LogP contribution in [0.15, 0.2) is 78.4 Å². The summed E-state index contributed by atoms with van der Waals surface area (Å²) in [6.45, 7) is 0. The van der Waals surface area contributed by atoms with E-state index >= 15 is 0 Å². The SMILES string of the molecule is O=C1NC(=S)N(c2ccc(Oc3ccccc3)cc2)C(=O)C1=Cc1ccc(O)cc1Cl. The molecule has 0 spiro atoms. The van der Waals surface area contributed by atoms with Crippen molar-refractivity contribution in [3.05, 3.63) is 89.0 Å². The Bertz CT molecular complexity index is 1210. The van der Waals surface area contributed by atoms with E-state index in [1.165, 1.54) is 29.2 Å². The third-order valence-corrected chi connectivity index (χ3v) is 5.07. The Morgan fingerprint density at radius 2 is 1.65 bits per heavy atom. The predicted molar refractivity (Wildman–Crippen MR) is 122 cm³/mol. The van der Waals surface area contributed by atoms with Crippen molar-refractivity contribution >= 4 is 52.5 Å². The van der Waals surface area contributed by atoms with Crippen LogP contribution in [0.2, 0.25) is 5.02 Å². The number of phenols is 1. The van der Waals surface area contributed by atoms with E-state index in [1.807, 2.05) is 30.3 Å². The minimum atomic E-state index is -0.626. The first kappa shape index (κ1) is 20.6. The number of nitrogens with zero attached hydrogens (tertiary/aromatic N) is 1. The maximum absolute atomic E-state index is 13.1. The van der Waals surface area contributed by atoms with Crippen LogP contribution in [0.5, 0.6) is 17.2 Å². The van der Waals surface area contributed by atoms with Crippen LogP contribution in [0, 0.1) is 0 Å². The molecule has 6 nitrogen and oxygen atoms in total. The second kappa shape index (κ2) is 8.59. The number of amides is 2. The van der Waals surface area contributed by atoms with Gasteiger partial charge in [0.05, 0.1) is 10.7 Å². The average molecular weight is 451 g/mol. The summed E-state index contributed by atoms with van der Waals surface area (Å²) in [5.41, 5.74) is 0.751. The van der Waals surface area contributed by atoms with Gasteiger partial charge in [0.15, 0.2) is 5.11 Å². The fourth-order valence-electron chi connectivity index (χ4n) is 2.97. The first-order valence-corrected chi connectivity index (χ1v) is 9.94. The van der Waals surface area contributed by atoms with Gasteiger partial charge in [-0.25, -0.2) is 0 Å². The smallest absolute Gasteiger partial charge is 0.270 e. The Kier molecular flexibility index (Phi) is 5.70. The number of carbonyl (C=O) groups is 2. The van der Waals surface area contributed by atoms with Crippen molar-refractivity contribution in [2.75, 3.05) is 4.90 Å². The van der Waals surface area contributed by atoms with Gasteiger partial charge in [0.2, 0.25) is 0 Å². The lowest BCUT2D eigenvalue weighted by molar-refractivity contribution is -0.122. The molecule has 2 N–H and O–H groups in total. The number of halogens is 1. The Balaban J connectivity index is 1.62. The molecule has 1 saturated heterocycles. The molecule has 0 aliphatic carbocycles. The lowest BCUT2D eigenvalue weighted by atomic mass is 10.1. The number of thiocarbonyl (C=S) groups is 1. The highest BCUT2D eigenvalue weighted by molar-refractivity contribution is 7.80. The number of benzene rings is 3. The number of hydrogen-bond donors (Lipinski definition) is 2. The Labute approximate surface area is 188 Å². The molecule has 0 aromatic heterocycles. The fourth-order valence-corrected chi connectivity index (χ4v) is 3.48. The van der Waals surface area contributed by atoms with Gasteiger partial charge in [0.1, 0.15) is 22.8 Å². The number of nitrogens with one attached hydrogen (secondary N) is 1. The van der Waals surface area contributed by atoms with Gasteiger partial charge in [-0.2, -0.15) is 0 Å². The zero-order chi connectivity index (χ0) is 22.0. The van der Waals surface area contributed by atoms with Crippen LogP contribution in [0.4, 0.5) is 5.69 Å². The molecule has 3 aromatic rings. The number of para-hydroxylation sites is 1. The number of anilines is 1. The monoisotopic (exact) mass is 450 g/mol. The summed E-state index contributed by atoms with van der Waals surface area (Å²) in [6.07, 6.45) is 1.36. The van der Waals surface area contributed by atoms with E-state index in [0.29, 0.717) is 22.7 Å². The van der Waals surface area contributed by atoms with Crippen LogP contribution < -0.4 is 15.0 Å². The maximum Gasteiger partial charge on any atom is 0.270 e. The van der Waals surface area contributed by atoms with Crippen molar-refractivity contribution in [3.8, 4) is 17.2 Å². The van der Waals surface area contributed by atoms with Crippen molar-refractivity contribution in [1.82, 2.24) is 5.32 Å². The average Bonchev–Trinajstić information content (AvgIpc) is 2.74. The molecule has 31 heavy (non-hydrogen) atoms. The van der Waals surface area contributed by atoms with Crippen molar-refractivity contribution in [2.45, 2.75) is 0 Å². The molecule has 1 heterocycles. The summed E-state index contributed by atoms with van der Waals surface area (Å²) < 4.78 is 5.76. The standard InChI is InChI=1S/C23H15ClN2O4S/c24-20-13-16(27)9-6-14(20)12-19-21(28)25-23(31)26(22(19)29)15-7-10-18(11-8-15)30-17-4-2-1-3-5-17/h1-13,27H,(H,25,28,31). The molecule has 1 aliphatic heterocycles. The van der Waals surface area contributed by atoms with Gasteiger partial charge in [-0.05, 0) is 78.5 Å². The van der Waals surface area contributed by atoms with E-state index in [4.69, 9.17) is 28.6 Å². The minimum absolute atomic E-state index is 0.0211. The van der Waals surface area contributed by atoms with E-state index in [2.05, 4.69) is 5.32 Å². The lowest BCUT2D eigenvalue weighted by Crippen LogP contribution is -2.54. The first-order chi connectivity index (χ1) is 14.9. The molecule has 0 radical (unpaired) electrons. The molecule has 2 amide bonds. The molecule has 0 saturated carbocycles. The van der Waals surface area contributed by atoms with Crippen LogP contribution >= 0.6 is 23.8 Å². The number of hydrogen-bond acceptors (Lipinski definition) is 5. The van der Waals surface area contributed by atoms with E-state index < -0.39 is 11.8 Å². The molecule has 1 aliphatic rings. The molecule has 0 unspecified atom stereocenters. The predicted octanol–water partition coefficient (Wildman–Crippen LogP) is 4.67. The van der Waals surface area contributed by atoms with E-state index in [1.54, 1.807) is 24.3 Å². The van der Waals surface area contributed by atoms with Crippen molar-refractivity contribution in [2.24, 2.45) is 0 Å². The van der Waals surface area contributed by atoms with E-state index in [0.717, 1.165) is 0 Å². The summed E-state index contributed by atoms with van der Waals surface area (Å²) in [4.78, 5) is 26.7. The van der Waals surface area contributed by atoms with Gasteiger partial charge in [-0.15, -0.1) is 0 Å². The Hall–Kier alpha value is -3.68. The lowest BCUT2D eigenvalue weighted by Gasteiger charge is -2.29. The van der Waals surface area contributed by atoms with Crippen molar-refractivity contribution < 1.29 is 19.4 Å². The summed E-state index contributed by atoms with van der Waals surface area (Å²) in [5, 5.41) is 12.2. The third kappa shape index (κ3) is 4.42. The molecule has 154 valence electrons. The second-order valence-electron chi connectivity index (χ2n) is 6.57. The third-order valence-electron chi connectivity index (χ3n) is 4.46. The molecular formula is C23H15ClN2O4S. The van der Waals surface area contributed by atoms with Gasteiger partial charge >= 0.3 is 0 Å². The van der Waals surface area contributed by atoms with Crippen molar-refractivity contribution in [3.63, 3.8) is 0 Å². The summed E-state index contributed by atoms with van der Waals surface area (Å²) in [6, 6.07) is 20.3. The van der Waals surface area contributed by atoms with Gasteiger partial charge in [-0.3, -0.25) is 19.8 Å². The highest BCUT2D eigenvalue weighted by Gasteiger charge is 2.34. The fraction of sp³-hybridized carbons (Fsp3) is 0. The maximum atomic E-state index is 13.1. The van der Waals surface area contributed by atoms with Gasteiger partial charge in [0, 0.05) is 0 Å². The Morgan fingerprint density at radius 1 is 0.968 bits per heavy atom. The highest BCUT2D eigenvalue weighted by Crippen LogP contribution is 2.28. The second-order valence-corrected chi connectivity index (χ2v) is 7.37. The summed E-state index contributed by atoms with van der Waals surface area (Å²) in [7, 11) is 0. The first-order valence-electron chi connectivity index (χ1n) is 9.15. The number of aromatic hydroxyl groups is 1. The molecule has 8 heteroatoms. The molecule has 0 bridgehead atoms. The molecule has 1 fully saturated rings. The zero-order valence-corrected chi connectivity index (χ0v) is 17.5. The van der Waals surface area contributed by atoms with E-state index in [-0.39, 0.29) is 21.5 Å². The largest absolute Gasteiger partial charge is 0.508 e. The van der Waals surface area contributed by atoms with Crippen molar-refractivity contribution in [1.29, 1.82) is 0 Å². The number of ether oxygens (including phenoxy) is 1. The van der Waals surface area contributed by atoms with Crippen LogP contribution in [0.1, 0.15) is 5.56 Å². The number of phenolic OH excluding ortho intramolecular Hbond substituents is 1. The van der Waals surface area contributed by atoms with Gasteiger partial charge in [-0.1, -0.05) is 29.8 Å².